The van der Waals surface area contributed by atoms with Gasteiger partial charge in [0.1, 0.15) is 13.2 Å². The van der Waals surface area contributed by atoms with Crippen molar-refractivity contribution in [2.24, 2.45) is 17.8 Å². The van der Waals surface area contributed by atoms with E-state index < -0.39 is 6.10 Å². The van der Waals surface area contributed by atoms with Gasteiger partial charge in [-0.3, -0.25) is 14.4 Å². The van der Waals surface area contributed by atoms with Crippen LogP contribution in [0.5, 0.6) is 0 Å². The Labute approximate surface area is 450 Å². The van der Waals surface area contributed by atoms with Crippen molar-refractivity contribution in [3.05, 3.63) is 0 Å². The third kappa shape index (κ3) is 59.3. The van der Waals surface area contributed by atoms with E-state index in [-0.39, 0.29) is 31.1 Å². The van der Waals surface area contributed by atoms with Crippen molar-refractivity contribution in [2.45, 2.75) is 375 Å². The van der Waals surface area contributed by atoms with Crippen LogP contribution in [0.25, 0.3) is 0 Å². The van der Waals surface area contributed by atoms with Gasteiger partial charge in [-0.15, -0.1) is 0 Å². The van der Waals surface area contributed by atoms with Gasteiger partial charge >= 0.3 is 17.9 Å². The highest BCUT2D eigenvalue weighted by Crippen LogP contribution is 2.19. The lowest BCUT2D eigenvalue weighted by Crippen LogP contribution is -2.30. The van der Waals surface area contributed by atoms with E-state index in [9.17, 15) is 14.4 Å². The Balaban J connectivity index is 4.28. The fourth-order valence-corrected chi connectivity index (χ4v) is 10.2. The molecule has 0 amide bonds. The second-order valence-corrected chi connectivity index (χ2v) is 24.2. The summed E-state index contributed by atoms with van der Waals surface area (Å²) in [6, 6.07) is 0. The van der Waals surface area contributed by atoms with Crippen molar-refractivity contribution in [3.63, 3.8) is 0 Å². The highest BCUT2D eigenvalue weighted by atomic mass is 16.6. The fraction of sp³-hybridized carbons (Fsp3) is 0.955. The highest BCUT2D eigenvalue weighted by Gasteiger charge is 2.19. The Bertz CT molecular complexity index is 1120. The molecule has 0 fully saturated rings. The van der Waals surface area contributed by atoms with E-state index in [2.05, 4.69) is 41.5 Å². The lowest BCUT2D eigenvalue weighted by atomic mass is 10.0. The summed E-state index contributed by atoms with van der Waals surface area (Å²) in [6.07, 6.45) is 62.5. The zero-order chi connectivity index (χ0) is 52.6. The lowest BCUT2D eigenvalue weighted by molar-refractivity contribution is -0.167. The van der Waals surface area contributed by atoms with Gasteiger partial charge in [0.05, 0.1) is 0 Å². The van der Waals surface area contributed by atoms with Crippen LogP contribution < -0.4 is 0 Å². The summed E-state index contributed by atoms with van der Waals surface area (Å²) in [5, 5.41) is 0. The molecule has 0 saturated heterocycles. The summed E-state index contributed by atoms with van der Waals surface area (Å²) in [5.41, 5.74) is 0. The zero-order valence-electron chi connectivity index (χ0n) is 49.7. The average molecular weight is 1020 g/mol. The maximum atomic E-state index is 12.9. The smallest absolute Gasteiger partial charge is 0.306 e. The third-order valence-electron chi connectivity index (χ3n) is 15.1. The molecular weight excluding hydrogens is 889 g/mol. The summed E-state index contributed by atoms with van der Waals surface area (Å²) in [5.74, 6) is 1.71. The first kappa shape index (κ1) is 70.4. The molecule has 0 aromatic rings. The minimum atomic E-state index is -0.765. The summed E-state index contributed by atoms with van der Waals surface area (Å²) >= 11 is 0. The molecule has 0 rings (SSSR count). The van der Waals surface area contributed by atoms with Crippen molar-refractivity contribution in [3.8, 4) is 0 Å². The van der Waals surface area contributed by atoms with Crippen molar-refractivity contribution in [2.75, 3.05) is 13.2 Å². The predicted octanol–water partition coefficient (Wildman–Crippen LogP) is 21.8. The van der Waals surface area contributed by atoms with E-state index in [0.29, 0.717) is 19.3 Å². The average Bonchev–Trinajstić information content (AvgIpc) is 3.34. The van der Waals surface area contributed by atoms with Gasteiger partial charge in [-0.2, -0.15) is 0 Å². The molecule has 0 heterocycles. The fourth-order valence-electron chi connectivity index (χ4n) is 10.2. The van der Waals surface area contributed by atoms with Gasteiger partial charge in [0.25, 0.3) is 0 Å². The summed E-state index contributed by atoms with van der Waals surface area (Å²) in [4.78, 5) is 38.3. The number of carbonyl (C=O) groups is 3. The molecule has 0 aromatic heterocycles. The van der Waals surface area contributed by atoms with E-state index in [0.717, 1.165) is 75.5 Å². The molecule has 0 saturated carbocycles. The minimum Gasteiger partial charge on any atom is -0.462 e. The SMILES string of the molecule is CC(C)CCCCCCCCCCCCCCCCCCCCC(=O)O[C@@H](COC(=O)CCCCCCCCCCCCCCCCCC(C)C)COC(=O)CCCCCCCCCCCCCCC(C)C. The quantitative estimate of drug-likeness (QED) is 0.0343. The normalized spacial score (nSPS) is 12.1. The van der Waals surface area contributed by atoms with Gasteiger partial charge in [-0.05, 0) is 37.0 Å². The number of unbranched alkanes of at least 4 members (excludes halogenated alkanes) is 42. The molecule has 0 unspecified atom stereocenters. The predicted molar refractivity (Wildman–Crippen MR) is 312 cm³/mol. The van der Waals surface area contributed by atoms with E-state index in [1.165, 1.54) is 250 Å². The number of esters is 3. The lowest BCUT2D eigenvalue weighted by Gasteiger charge is -2.18. The first-order valence-electron chi connectivity index (χ1n) is 32.6. The molecule has 0 N–H and O–H groups in total. The van der Waals surface area contributed by atoms with Crippen LogP contribution in [0.2, 0.25) is 0 Å². The molecule has 1 atom stereocenters. The summed E-state index contributed by atoms with van der Waals surface area (Å²) in [7, 11) is 0. The second-order valence-electron chi connectivity index (χ2n) is 24.2. The van der Waals surface area contributed by atoms with Gasteiger partial charge in [-0.25, -0.2) is 0 Å². The molecule has 0 aliphatic carbocycles. The molecule has 0 aliphatic rings. The summed E-state index contributed by atoms with van der Waals surface area (Å²) in [6.45, 7) is 13.8. The van der Waals surface area contributed by atoms with Crippen molar-refractivity contribution >= 4 is 17.9 Å². The van der Waals surface area contributed by atoms with Gasteiger partial charge < -0.3 is 14.2 Å². The van der Waals surface area contributed by atoms with Gasteiger partial charge in [0, 0.05) is 19.3 Å². The van der Waals surface area contributed by atoms with Gasteiger partial charge in [0.15, 0.2) is 6.10 Å². The topological polar surface area (TPSA) is 78.9 Å². The first-order chi connectivity index (χ1) is 35.1. The monoisotopic (exact) mass is 1020 g/mol. The maximum absolute atomic E-state index is 12.9. The Kier molecular flexibility index (Phi) is 55.9. The van der Waals surface area contributed by atoms with Crippen LogP contribution in [0.15, 0.2) is 0 Å². The van der Waals surface area contributed by atoms with Crippen molar-refractivity contribution in [1.82, 2.24) is 0 Å². The van der Waals surface area contributed by atoms with E-state index >= 15 is 0 Å². The third-order valence-corrected chi connectivity index (χ3v) is 15.1. The van der Waals surface area contributed by atoms with Crippen molar-refractivity contribution in [1.29, 1.82) is 0 Å². The van der Waals surface area contributed by atoms with Crippen LogP contribution in [0, 0.1) is 17.8 Å². The zero-order valence-corrected chi connectivity index (χ0v) is 49.7. The maximum Gasteiger partial charge on any atom is 0.306 e. The molecule has 0 spiro atoms. The van der Waals surface area contributed by atoms with Crippen LogP contribution >= 0.6 is 0 Å². The number of rotatable bonds is 59. The number of carbonyl (C=O) groups excluding carboxylic acids is 3. The molecule has 428 valence electrons. The Morgan fingerprint density at radius 3 is 0.597 bits per heavy atom. The first-order valence-corrected chi connectivity index (χ1v) is 32.6. The Morgan fingerprint density at radius 1 is 0.236 bits per heavy atom. The molecule has 0 bridgehead atoms. The van der Waals surface area contributed by atoms with Crippen LogP contribution in [-0.2, 0) is 28.6 Å². The van der Waals surface area contributed by atoms with E-state index in [1.807, 2.05) is 0 Å². The van der Waals surface area contributed by atoms with Gasteiger partial charge in [0.2, 0.25) is 0 Å². The Hall–Kier alpha value is -1.59. The highest BCUT2D eigenvalue weighted by molar-refractivity contribution is 5.71. The van der Waals surface area contributed by atoms with Crippen LogP contribution in [0.4, 0.5) is 0 Å². The molecule has 6 nitrogen and oxygen atoms in total. The second kappa shape index (κ2) is 57.1. The Morgan fingerprint density at radius 2 is 0.403 bits per heavy atom. The van der Waals surface area contributed by atoms with Crippen molar-refractivity contribution < 1.29 is 28.6 Å². The van der Waals surface area contributed by atoms with E-state index in [4.69, 9.17) is 14.2 Å². The molecular formula is C66H128O6. The number of hydrogen-bond acceptors (Lipinski definition) is 6. The molecule has 0 radical (unpaired) electrons. The summed E-state index contributed by atoms with van der Waals surface area (Å²) < 4.78 is 17.0. The van der Waals surface area contributed by atoms with E-state index in [1.54, 1.807) is 0 Å². The van der Waals surface area contributed by atoms with Crippen LogP contribution in [0.1, 0.15) is 369 Å². The minimum absolute atomic E-state index is 0.0624. The van der Waals surface area contributed by atoms with Crippen LogP contribution in [0.3, 0.4) is 0 Å². The number of hydrogen-bond donors (Lipinski definition) is 0. The molecule has 0 aromatic carbocycles. The molecule has 72 heavy (non-hydrogen) atoms. The van der Waals surface area contributed by atoms with Gasteiger partial charge in [-0.1, -0.05) is 330 Å². The number of ether oxygens (including phenoxy) is 3. The molecule has 0 aliphatic heterocycles. The largest absolute Gasteiger partial charge is 0.462 e. The van der Waals surface area contributed by atoms with Crippen LogP contribution in [-0.4, -0.2) is 37.2 Å². The standard InChI is InChI=1S/C66H128O6/c1-60(2)52-46-40-34-28-22-16-12-9-7-8-10-14-19-27-33-39-45-51-57-66(69)72-63(59-71-65(68)56-50-44-38-32-26-21-20-24-30-36-42-48-54-62(5)6)58-70-64(67)55-49-43-37-31-25-18-15-11-13-17-23-29-35-41-47-53-61(3)4/h60-63H,7-59H2,1-6H3/t63-/m0/s1. The molecule has 6 heteroatoms.